The monoisotopic (exact) mass is 563 g/mol. The molecule has 1 atom stereocenters. The summed E-state index contributed by atoms with van der Waals surface area (Å²) in [6.07, 6.45) is 6.22. The second kappa shape index (κ2) is 12.7. The smallest absolute Gasteiger partial charge is 0.295 e. The van der Waals surface area contributed by atoms with Crippen LogP contribution in [0, 0.1) is 0 Å². The van der Waals surface area contributed by atoms with Crippen LogP contribution in [-0.4, -0.2) is 48.6 Å². The molecule has 0 spiro atoms. The van der Waals surface area contributed by atoms with E-state index in [9.17, 15) is 9.59 Å². The zero-order chi connectivity index (χ0) is 28.1. The number of carbonyl (C=O) groups excluding carboxylic acids is 2. The first-order valence-corrected chi connectivity index (χ1v) is 15.3. The summed E-state index contributed by atoms with van der Waals surface area (Å²) in [6.45, 7) is 9.52. The molecule has 1 aliphatic carbocycles. The Kier molecular flexibility index (Phi) is 9.08. The third kappa shape index (κ3) is 7.03. The van der Waals surface area contributed by atoms with Crippen LogP contribution in [0.1, 0.15) is 91.6 Å². The number of carbonyl (C=O) groups is 2. The number of anilines is 1. The molecule has 1 saturated carbocycles. The highest BCUT2D eigenvalue weighted by Crippen LogP contribution is 2.36. The van der Waals surface area contributed by atoms with E-state index in [1.165, 1.54) is 49.0 Å². The Morgan fingerprint density at radius 1 is 1.02 bits per heavy atom. The number of furan rings is 1. The highest BCUT2D eigenvalue weighted by atomic mass is 32.1. The van der Waals surface area contributed by atoms with E-state index in [1.54, 1.807) is 11.0 Å². The Balaban J connectivity index is 1.49. The fraction of sp³-hybridized carbons (Fsp3) is 0.500. The lowest BCUT2D eigenvalue weighted by Gasteiger charge is -2.33. The highest BCUT2D eigenvalue weighted by Gasteiger charge is 2.37. The Morgan fingerprint density at radius 3 is 2.40 bits per heavy atom. The highest BCUT2D eigenvalue weighted by molar-refractivity contribution is 7.10. The fourth-order valence-electron chi connectivity index (χ4n) is 5.66. The molecule has 8 heteroatoms. The normalized spacial score (nSPS) is 17.9. The lowest BCUT2D eigenvalue weighted by atomic mass is 9.84. The summed E-state index contributed by atoms with van der Waals surface area (Å²) in [6, 6.07) is 14.8. The average molecular weight is 564 g/mol. The molecule has 0 unspecified atom stereocenters. The first-order chi connectivity index (χ1) is 19.3. The van der Waals surface area contributed by atoms with Crippen LogP contribution in [-0.2, 0) is 16.1 Å². The summed E-state index contributed by atoms with van der Waals surface area (Å²) >= 11 is 1.47. The van der Waals surface area contributed by atoms with Gasteiger partial charge in [-0.15, -0.1) is 11.3 Å². The maximum Gasteiger partial charge on any atom is 0.295 e. The van der Waals surface area contributed by atoms with E-state index in [0.717, 1.165) is 23.7 Å². The molecule has 3 aromatic rings. The van der Waals surface area contributed by atoms with Crippen LogP contribution in [0.15, 0.2) is 58.3 Å². The molecule has 214 valence electrons. The van der Waals surface area contributed by atoms with Crippen molar-refractivity contribution in [3.8, 4) is 0 Å². The second-order valence-electron chi connectivity index (χ2n) is 11.9. The molecule has 1 N–H and O–H groups in total. The SMILES string of the molecule is CC(C)(C)NC(=O)[C@H](c1cccs1)N(C(=O)c1ccc(CN2CCOCC2)o1)c1ccc(C2CCCCC2)cc1. The minimum absolute atomic E-state index is 0.222. The number of rotatable bonds is 8. The van der Waals surface area contributed by atoms with E-state index < -0.39 is 11.6 Å². The zero-order valence-corrected chi connectivity index (χ0v) is 24.7. The molecule has 0 bridgehead atoms. The van der Waals surface area contributed by atoms with Gasteiger partial charge in [-0.1, -0.05) is 37.5 Å². The molecule has 1 aromatic carbocycles. The molecule has 2 amide bonds. The molecule has 2 aliphatic rings. The van der Waals surface area contributed by atoms with Crippen molar-refractivity contribution in [3.05, 3.63) is 75.9 Å². The number of morpholine rings is 1. The largest absolute Gasteiger partial charge is 0.455 e. The quantitative estimate of drug-likeness (QED) is 0.338. The van der Waals surface area contributed by atoms with Crippen molar-refractivity contribution in [2.24, 2.45) is 0 Å². The van der Waals surface area contributed by atoms with Crippen LogP contribution in [0.3, 0.4) is 0 Å². The van der Waals surface area contributed by atoms with Gasteiger partial charge in [0, 0.05) is 29.2 Å². The second-order valence-corrected chi connectivity index (χ2v) is 12.9. The van der Waals surface area contributed by atoms with Gasteiger partial charge in [0.25, 0.3) is 5.91 Å². The molecule has 40 heavy (non-hydrogen) atoms. The van der Waals surface area contributed by atoms with Crippen LogP contribution in [0.5, 0.6) is 0 Å². The van der Waals surface area contributed by atoms with Crippen molar-refractivity contribution >= 4 is 28.8 Å². The van der Waals surface area contributed by atoms with Gasteiger partial charge in [-0.3, -0.25) is 19.4 Å². The van der Waals surface area contributed by atoms with Crippen LogP contribution in [0.2, 0.25) is 0 Å². The van der Waals surface area contributed by atoms with Crippen molar-refractivity contribution in [2.45, 2.75) is 76.9 Å². The van der Waals surface area contributed by atoms with E-state index in [4.69, 9.17) is 9.15 Å². The maximum atomic E-state index is 14.3. The van der Waals surface area contributed by atoms with Crippen molar-refractivity contribution < 1.29 is 18.7 Å². The number of amides is 2. The van der Waals surface area contributed by atoms with Gasteiger partial charge in [-0.25, -0.2) is 0 Å². The Morgan fingerprint density at radius 2 is 1.75 bits per heavy atom. The van der Waals surface area contributed by atoms with E-state index in [1.807, 2.05) is 56.5 Å². The molecular weight excluding hydrogens is 522 g/mol. The van der Waals surface area contributed by atoms with Crippen LogP contribution in [0.25, 0.3) is 0 Å². The summed E-state index contributed by atoms with van der Waals surface area (Å²) in [5, 5.41) is 5.05. The summed E-state index contributed by atoms with van der Waals surface area (Å²) < 4.78 is 11.6. The maximum absolute atomic E-state index is 14.3. The van der Waals surface area contributed by atoms with Gasteiger partial charge in [0.15, 0.2) is 11.8 Å². The molecular formula is C32H41N3O4S. The van der Waals surface area contributed by atoms with Gasteiger partial charge in [0.05, 0.1) is 19.8 Å². The minimum atomic E-state index is -0.833. The fourth-order valence-corrected chi connectivity index (χ4v) is 6.47. The van der Waals surface area contributed by atoms with Gasteiger partial charge >= 0.3 is 0 Å². The van der Waals surface area contributed by atoms with E-state index in [-0.39, 0.29) is 17.6 Å². The van der Waals surface area contributed by atoms with Crippen LogP contribution >= 0.6 is 11.3 Å². The first-order valence-electron chi connectivity index (χ1n) is 14.5. The number of hydrogen-bond donors (Lipinski definition) is 1. The van der Waals surface area contributed by atoms with Gasteiger partial charge < -0.3 is 14.5 Å². The number of nitrogens with one attached hydrogen (secondary N) is 1. The lowest BCUT2D eigenvalue weighted by Crippen LogP contribution is -2.49. The van der Waals surface area contributed by atoms with Gasteiger partial charge in [0.2, 0.25) is 5.91 Å². The number of nitrogens with zero attached hydrogens (tertiary/aromatic N) is 2. The Hall–Kier alpha value is -2.94. The summed E-state index contributed by atoms with van der Waals surface area (Å²) in [5.41, 5.74) is 1.52. The molecule has 5 rings (SSSR count). The van der Waals surface area contributed by atoms with E-state index >= 15 is 0 Å². The summed E-state index contributed by atoms with van der Waals surface area (Å²) in [4.78, 5) is 32.8. The minimum Gasteiger partial charge on any atom is -0.455 e. The number of benzene rings is 1. The van der Waals surface area contributed by atoms with E-state index in [0.29, 0.717) is 31.4 Å². The predicted molar refractivity (Wildman–Crippen MR) is 159 cm³/mol. The lowest BCUT2D eigenvalue weighted by molar-refractivity contribution is -0.123. The topological polar surface area (TPSA) is 75.0 Å². The third-order valence-electron chi connectivity index (χ3n) is 7.64. The number of hydrogen-bond acceptors (Lipinski definition) is 6. The number of ether oxygens (including phenoxy) is 1. The first kappa shape index (κ1) is 28.6. The van der Waals surface area contributed by atoms with E-state index in [2.05, 4.69) is 22.3 Å². The molecule has 7 nitrogen and oxygen atoms in total. The van der Waals surface area contributed by atoms with Gasteiger partial charge in [0.1, 0.15) is 5.76 Å². The Bertz CT molecular complexity index is 1250. The van der Waals surface area contributed by atoms with Gasteiger partial charge in [-0.05, 0) is 80.8 Å². The number of thiophene rings is 1. The van der Waals surface area contributed by atoms with Crippen LogP contribution in [0.4, 0.5) is 5.69 Å². The standard InChI is InChI=1S/C32H41N3O4S/c1-32(2,3)33-30(36)29(28-10-7-21-40-28)35(25-13-11-24(12-14-25)23-8-5-4-6-9-23)31(37)27-16-15-26(39-27)22-34-17-19-38-20-18-34/h7,10-16,21,23,29H,4-6,8-9,17-20,22H2,1-3H3,(H,33,36)/t29-/m0/s1. The summed E-state index contributed by atoms with van der Waals surface area (Å²) in [5.74, 6) is 0.951. The average Bonchev–Trinajstić information content (AvgIpc) is 3.64. The molecule has 3 heterocycles. The molecule has 1 saturated heterocycles. The third-order valence-corrected chi connectivity index (χ3v) is 8.56. The van der Waals surface area contributed by atoms with Crippen molar-refractivity contribution in [1.82, 2.24) is 10.2 Å². The predicted octanol–water partition coefficient (Wildman–Crippen LogP) is 6.52. The molecule has 2 fully saturated rings. The Labute approximate surface area is 241 Å². The van der Waals surface area contributed by atoms with Gasteiger partial charge in [-0.2, -0.15) is 0 Å². The molecule has 1 aliphatic heterocycles. The molecule has 2 aromatic heterocycles. The summed E-state index contributed by atoms with van der Waals surface area (Å²) in [7, 11) is 0. The molecule has 0 radical (unpaired) electrons. The van der Waals surface area contributed by atoms with Crippen molar-refractivity contribution in [1.29, 1.82) is 0 Å². The zero-order valence-electron chi connectivity index (χ0n) is 23.9. The van der Waals surface area contributed by atoms with Crippen molar-refractivity contribution in [2.75, 3.05) is 31.2 Å². The van der Waals surface area contributed by atoms with Crippen molar-refractivity contribution in [3.63, 3.8) is 0 Å². The van der Waals surface area contributed by atoms with Crippen LogP contribution < -0.4 is 10.2 Å².